The standard InChI is InChI=1S/C75H55NO2S/c1-73(2)59-25-13-11-21-56(59)67-61(73)39-40-64-71(67)77-69-49(23-15-27-63(69)75(64,5)6)44-29-33-46(34-30-44)76(48-37-38-55-53-19-8-7-17-51(53)52-18-9-10-20-54(52)58(55)43-48)47-35-31-45(32-36-47)50-24-16-28-65-70(50)78-72-66(79-65)42-41-62-68(72)57-22-12-14-26-60(57)74(62,3)4/h7-43H,1-6H3. The molecule has 79 heavy (non-hydrogen) atoms. The summed E-state index contributed by atoms with van der Waals surface area (Å²) in [7, 11) is 0. The molecule has 4 heteroatoms. The third kappa shape index (κ3) is 6.56. The van der Waals surface area contributed by atoms with Gasteiger partial charge >= 0.3 is 0 Å². The molecule has 4 aliphatic rings. The van der Waals surface area contributed by atoms with Gasteiger partial charge in [0.2, 0.25) is 0 Å². The van der Waals surface area contributed by atoms with Crippen molar-refractivity contribution in [1.82, 2.24) is 0 Å². The number of rotatable bonds is 5. The van der Waals surface area contributed by atoms with Gasteiger partial charge in [0, 0.05) is 66.7 Å². The molecule has 2 aliphatic heterocycles. The van der Waals surface area contributed by atoms with Crippen LogP contribution in [-0.2, 0) is 16.2 Å². The normalized spacial score (nSPS) is 15.2. The minimum atomic E-state index is -0.290. The summed E-state index contributed by atoms with van der Waals surface area (Å²) in [5, 5.41) is 7.49. The molecule has 0 bridgehead atoms. The number of hydrogen-bond acceptors (Lipinski definition) is 4. The van der Waals surface area contributed by atoms with Crippen LogP contribution in [0.15, 0.2) is 234 Å². The molecule has 0 amide bonds. The molecule has 3 nitrogen and oxygen atoms in total. The van der Waals surface area contributed by atoms with E-state index >= 15 is 0 Å². The van der Waals surface area contributed by atoms with Crippen LogP contribution in [0.3, 0.4) is 0 Å². The van der Waals surface area contributed by atoms with Crippen LogP contribution in [0, 0.1) is 0 Å². The number of para-hydroxylation sites is 2. The van der Waals surface area contributed by atoms with Crippen LogP contribution in [0.25, 0.3) is 76.8 Å². The Morgan fingerprint density at radius 2 is 0.696 bits per heavy atom. The molecule has 0 N–H and O–H groups in total. The van der Waals surface area contributed by atoms with Crippen molar-refractivity contribution in [1.29, 1.82) is 0 Å². The highest BCUT2D eigenvalue weighted by molar-refractivity contribution is 7.99. The maximum atomic E-state index is 7.34. The number of ether oxygens (including phenoxy) is 2. The van der Waals surface area contributed by atoms with E-state index in [0.717, 1.165) is 72.1 Å². The van der Waals surface area contributed by atoms with Crippen molar-refractivity contribution in [2.75, 3.05) is 4.90 Å². The number of fused-ring (bicyclic) bond motifs is 18. The van der Waals surface area contributed by atoms with Gasteiger partial charge in [-0.15, -0.1) is 0 Å². The molecule has 16 rings (SSSR count). The molecule has 0 aromatic heterocycles. The fourth-order valence-corrected chi connectivity index (χ4v) is 15.1. The molecule has 0 saturated heterocycles. The first kappa shape index (κ1) is 46.3. The lowest BCUT2D eigenvalue weighted by molar-refractivity contribution is 0.420. The fourth-order valence-electron chi connectivity index (χ4n) is 14.1. The number of benzene rings is 12. The monoisotopic (exact) mass is 1030 g/mol. The zero-order valence-corrected chi connectivity index (χ0v) is 45.9. The Morgan fingerprint density at radius 1 is 0.291 bits per heavy atom. The summed E-state index contributed by atoms with van der Waals surface area (Å²) < 4.78 is 14.5. The van der Waals surface area contributed by atoms with E-state index in [0.29, 0.717) is 0 Å². The molecule has 2 aliphatic carbocycles. The van der Waals surface area contributed by atoms with E-state index in [1.54, 1.807) is 11.8 Å². The molecule has 12 aromatic carbocycles. The smallest absolute Gasteiger partial charge is 0.149 e. The van der Waals surface area contributed by atoms with Crippen LogP contribution in [0.2, 0.25) is 0 Å². The van der Waals surface area contributed by atoms with E-state index < -0.39 is 0 Å². The first-order chi connectivity index (χ1) is 38.4. The van der Waals surface area contributed by atoms with Gasteiger partial charge in [0.25, 0.3) is 0 Å². The topological polar surface area (TPSA) is 21.7 Å². The highest BCUT2D eigenvalue weighted by atomic mass is 32.2. The van der Waals surface area contributed by atoms with Gasteiger partial charge in [-0.2, -0.15) is 0 Å². The molecule has 0 unspecified atom stereocenters. The van der Waals surface area contributed by atoms with E-state index in [-0.39, 0.29) is 16.2 Å². The predicted molar refractivity (Wildman–Crippen MR) is 329 cm³/mol. The van der Waals surface area contributed by atoms with E-state index in [1.807, 2.05) is 0 Å². The first-order valence-corrected chi connectivity index (χ1v) is 28.5. The van der Waals surface area contributed by atoms with Crippen molar-refractivity contribution in [2.24, 2.45) is 0 Å². The molecule has 378 valence electrons. The zero-order valence-electron chi connectivity index (χ0n) is 45.0. The summed E-state index contributed by atoms with van der Waals surface area (Å²) in [5.41, 5.74) is 19.7. The highest BCUT2D eigenvalue weighted by Gasteiger charge is 2.44. The highest BCUT2D eigenvalue weighted by Crippen LogP contribution is 2.62. The lowest BCUT2D eigenvalue weighted by Crippen LogP contribution is -2.25. The van der Waals surface area contributed by atoms with Crippen LogP contribution in [0.1, 0.15) is 74.9 Å². The summed E-state index contributed by atoms with van der Waals surface area (Å²) >= 11 is 1.80. The molecule has 2 heterocycles. The van der Waals surface area contributed by atoms with Gasteiger partial charge in [0.15, 0.2) is 0 Å². The van der Waals surface area contributed by atoms with Gasteiger partial charge in [-0.3, -0.25) is 0 Å². The van der Waals surface area contributed by atoms with Gasteiger partial charge in [-0.1, -0.05) is 229 Å². The lowest BCUT2D eigenvalue weighted by Gasteiger charge is -2.37. The Kier molecular flexibility index (Phi) is 9.72. The van der Waals surface area contributed by atoms with Crippen molar-refractivity contribution in [2.45, 2.75) is 67.6 Å². The van der Waals surface area contributed by atoms with Gasteiger partial charge in [-0.05, 0) is 125 Å². The summed E-state index contributed by atoms with van der Waals surface area (Å²) in [5.74, 6) is 3.77. The zero-order chi connectivity index (χ0) is 53.1. The Bertz CT molecular complexity index is 4570. The minimum Gasteiger partial charge on any atom is -0.455 e. The van der Waals surface area contributed by atoms with Gasteiger partial charge in [-0.25, -0.2) is 0 Å². The number of anilines is 3. The van der Waals surface area contributed by atoms with Crippen LogP contribution < -0.4 is 14.4 Å². The first-order valence-electron chi connectivity index (χ1n) is 27.6. The Morgan fingerprint density at radius 3 is 1.30 bits per heavy atom. The van der Waals surface area contributed by atoms with Crippen LogP contribution in [0.5, 0.6) is 23.0 Å². The van der Waals surface area contributed by atoms with E-state index in [9.17, 15) is 0 Å². The van der Waals surface area contributed by atoms with Gasteiger partial charge < -0.3 is 14.4 Å². The van der Waals surface area contributed by atoms with Crippen molar-refractivity contribution >= 4 is 61.1 Å². The Hall–Kier alpha value is -8.83. The van der Waals surface area contributed by atoms with E-state index in [1.165, 1.54) is 88.0 Å². The largest absolute Gasteiger partial charge is 0.455 e. The predicted octanol–water partition coefficient (Wildman–Crippen LogP) is 21.3. The molecule has 0 radical (unpaired) electrons. The molecule has 12 aromatic rings. The fraction of sp³-hybridized carbons (Fsp3) is 0.120. The Balaban J connectivity index is 0.812. The van der Waals surface area contributed by atoms with E-state index in [2.05, 4.69) is 271 Å². The molecule has 0 atom stereocenters. The SMILES string of the molecule is CC1(C)c2cccc(-c3ccc(N(c4ccc(-c5cccc6c5Oc5c(ccc7c5-c5ccccc5C7(C)C)S6)cc4)c4ccc5c6ccccc6c6ccccc6c5c4)cc3)c2Oc2c1ccc1c2-c2ccccc2C1(C)C. The summed E-state index contributed by atoms with van der Waals surface area (Å²) in [4.78, 5) is 4.67. The van der Waals surface area contributed by atoms with Crippen LogP contribution in [-0.4, -0.2) is 0 Å². The van der Waals surface area contributed by atoms with Crippen molar-refractivity contribution in [3.8, 4) is 67.5 Å². The average Bonchev–Trinajstić information content (AvgIpc) is 3.50. The van der Waals surface area contributed by atoms with E-state index in [4.69, 9.17) is 9.47 Å². The van der Waals surface area contributed by atoms with Gasteiger partial charge in [0.1, 0.15) is 23.0 Å². The number of hydrogen-bond donors (Lipinski definition) is 0. The average molecular weight is 1030 g/mol. The summed E-state index contributed by atoms with van der Waals surface area (Å²) in [6.45, 7) is 14.0. The second-order valence-electron chi connectivity index (χ2n) is 23.5. The lowest BCUT2D eigenvalue weighted by atomic mass is 9.73. The second-order valence-corrected chi connectivity index (χ2v) is 24.6. The Labute approximate surface area is 465 Å². The van der Waals surface area contributed by atoms with Crippen molar-refractivity contribution in [3.63, 3.8) is 0 Å². The molecule has 0 spiro atoms. The van der Waals surface area contributed by atoms with Crippen LogP contribution >= 0.6 is 11.8 Å². The molecule has 0 fully saturated rings. The minimum absolute atomic E-state index is 0.117. The molecular formula is C75H55NO2S. The number of nitrogens with zero attached hydrogens (tertiary/aromatic N) is 1. The van der Waals surface area contributed by atoms with Crippen LogP contribution in [0.4, 0.5) is 17.1 Å². The maximum Gasteiger partial charge on any atom is 0.149 e. The quantitative estimate of drug-likeness (QED) is 0.160. The van der Waals surface area contributed by atoms with Gasteiger partial charge in [0.05, 0.1) is 9.79 Å². The summed E-state index contributed by atoms with van der Waals surface area (Å²) in [6, 6.07) is 82.9. The van der Waals surface area contributed by atoms with Crippen molar-refractivity contribution < 1.29 is 9.47 Å². The van der Waals surface area contributed by atoms with Crippen molar-refractivity contribution in [3.05, 3.63) is 258 Å². The molecule has 0 saturated carbocycles. The maximum absolute atomic E-state index is 7.34. The third-order valence-electron chi connectivity index (χ3n) is 18.2. The second kappa shape index (κ2) is 16.6. The third-order valence-corrected chi connectivity index (χ3v) is 19.3. The summed E-state index contributed by atoms with van der Waals surface area (Å²) in [6.07, 6.45) is 0. The molecular weight excluding hydrogens is 979 g/mol.